The average Bonchev–Trinajstić information content (AvgIpc) is 2.50. The normalized spacial score (nSPS) is 22.1. The molecule has 120 valence electrons. The van der Waals surface area contributed by atoms with Gasteiger partial charge in [0, 0.05) is 36.7 Å². The Morgan fingerprint density at radius 1 is 1.10 bits per heavy atom. The molecule has 0 spiro atoms. The second-order valence-electron chi connectivity index (χ2n) is 6.20. The molecule has 1 fully saturated rings. The summed E-state index contributed by atoms with van der Waals surface area (Å²) in [5.41, 5.74) is 6.02. The van der Waals surface area contributed by atoms with Crippen LogP contribution >= 0.6 is 11.8 Å². The van der Waals surface area contributed by atoms with Gasteiger partial charge in [0.1, 0.15) is 0 Å². The summed E-state index contributed by atoms with van der Waals surface area (Å²) in [4.78, 5) is 2.67. The molecule has 1 saturated heterocycles. The number of nitrogens with zero attached hydrogens (tertiary/aromatic N) is 1. The maximum absolute atomic E-state index is 6.02. The molecular weight excluding hydrogens is 264 g/mol. The summed E-state index contributed by atoms with van der Waals surface area (Å²) in [7, 11) is 0. The molecule has 2 N–H and O–H groups in total. The van der Waals surface area contributed by atoms with Gasteiger partial charge in [0.25, 0.3) is 0 Å². The van der Waals surface area contributed by atoms with E-state index < -0.39 is 0 Å². The van der Waals surface area contributed by atoms with Gasteiger partial charge in [0.15, 0.2) is 0 Å². The van der Waals surface area contributed by atoms with Crippen molar-refractivity contribution in [3.63, 3.8) is 0 Å². The highest BCUT2D eigenvalue weighted by Gasteiger charge is 2.24. The minimum atomic E-state index is 0.639. The molecule has 1 aliphatic rings. The van der Waals surface area contributed by atoms with E-state index >= 15 is 0 Å². The van der Waals surface area contributed by atoms with Crippen molar-refractivity contribution in [2.75, 3.05) is 25.4 Å². The molecule has 20 heavy (non-hydrogen) atoms. The Bertz CT molecular complexity index is 223. The Hall–Kier alpha value is 0.270. The third-order valence-corrected chi connectivity index (χ3v) is 5.93. The smallest absolute Gasteiger partial charge is 0.0219 e. The van der Waals surface area contributed by atoms with E-state index in [0.29, 0.717) is 6.04 Å². The fraction of sp³-hybridized carbons (Fsp3) is 1.00. The number of unbranched alkanes of at least 4 members (excludes halogenated alkanes) is 6. The van der Waals surface area contributed by atoms with Crippen LogP contribution in [0.3, 0.4) is 0 Å². The molecule has 1 aliphatic heterocycles. The Morgan fingerprint density at radius 2 is 1.80 bits per heavy atom. The molecule has 0 aromatic heterocycles. The predicted octanol–water partition coefficient (Wildman–Crippen LogP) is 4.28. The Kier molecular flexibility index (Phi) is 10.9. The topological polar surface area (TPSA) is 29.3 Å². The summed E-state index contributed by atoms with van der Waals surface area (Å²) < 4.78 is 0. The van der Waals surface area contributed by atoms with Gasteiger partial charge < -0.3 is 5.73 Å². The highest BCUT2D eigenvalue weighted by Crippen LogP contribution is 2.24. The number of thioether (sulfide) groups is 1. The van der Waals surface area contributed by atoms with E-state index in [9.17, 15) is 0 Å². The highest BCUT2D eigenvalue weighted by atomic mass is 32.2. The van der Waals surface area contributed by atoms with E-state index in [4.69, 9.17) is 5.73 Å². The van der Waals surface area contributed by atoms with E-state index in [-0.39, 0.29) is 0 Å². The number of nitrogens with two attached hydrogens (primary N) is 1. The van der Waals surface area contributed by atoms with Crippen molar-refractivity contribution in [1.82, 2.24) is 4.90 Å². The molecule has 0 aromatic carbocycles. The SMILES string of the molecule is CCCCCCCCCC(CN)N1CCSC(CC)C1. The predicted molar refractivity (Wildman–Crippen MR) is 93.6 cm³/mol. The van der Waals surface area contributed by atoms with Crippen LogP contribution in [-0.4, -0.2) is 41.6 Å². The zero-order valence-corrected chi connectivity index (χ0v) is 14.6. The molecule has 2 atom stereocenters. The monoisotopic (exact) mass is 300 g/mol. The summed E-state index contributed by atoms with van der Waals surface area (Å²) in [5.74, 6) is 1.30. The fourth-order valence-electron chi connectivity index (χ4n) is 3.11. The first-order valence-electron chi connectivity index (χ1n) is 8.87. The van der Waals surface area contributed by atoms with Crippen LogP contribution in [0.25, 0.3) is 0 Å². The summed E-state index contributed by atoms with van der Waals surface area (Å²) in [6.45, 7) is 7.96. The van der Waals surface area contributed by atoms with Crippen molar-refractivity contribution in [2.24, 2.45) is 5.73 Å². The summed E-state index contributed by atoms with van der Waals surface area (Å²) in [5, 5.41) is 0.840. The van der Waals surface area contributed by atoms with Gasteiger partial charge in [-0.2, -0.15) is 11.8 Å². The van der Waals surface area contributed by atoms with Gasteiger partial charge in [0.2, 0.25) is 0 Å². The van der Waals surface area contributed by atoms with Gasteiger partial charge in [-0.15, -0.1) is 0 Å². The number of hydrogen-bond donors (Lipinski definition) is 1. The largest absolute Gasteiger partial charge is 0.329 e. The first-order valence-corrected chi connectivity index (χ1v) is 9.92. The second kappa shape index (κ2) is 11.9. The van der Waals surface area contributed by atoms with Crippen LogP contribution in [0.4, 0.5) is 0 Å². The van der Waals surface area contributed by atoms with Gasteiger partial charge in [-0.05, 0) is 12.8 Å². The molecule has 0 amide bonds. The first kappa shape index (κ1) is 18.3. The molecule has 0 saturated carbocycles. The zero-order valence-electron chi connectivity index (χ0n) is 13.8. The number of hydrogen-bond acceptors (Lipinski definition) is 3. The molecule has 0 radical (unpaired) electrons. The zero-order chi connectivity index (χ0) is 14.6. The third kappa shape index (κ3) is 7.33. The molecule has 2 unspecified atom stereocenters. The van der Waals surface area contributed by atoms with Crippen molar-refractivity contribution < 1.29 is 0 Å². The average molecular weight is 301 g/mol. The second-order valence-corrected chi connectivity index (χ2v) is 7.60. The molecule has 3 heteroatoms. The van der Waals surface area contributed by atoms with Gasteiger partial charge in [-0.1, -0.05) is 58.8 Å². The van der Waals surface area contributed by atoms with Crippen LogP contribution in [0.15, 0.2) is 0 Å². The third-order valence-electron chi connectivity index (χ3n) is 4.55. The molecule has 1 heterocycles. The van der Waals surface area contributed by atoms with Gasteiger partial charge in [-0.3, -0.25) is 4.90 Å². The lowest BCUT2D eigenvalue weighted by Crippen LogP contribution is -2.47. The van der Waals surface area contributed by atoms with E-state index in [1.54, 1.807) is 0 Å². The van der Waals surface area contributed by atoms with Crippen LogP contribution in [0, 0.1) is 0 Å². The maximum atomic E-state index is 6.02. The highest BCUT2D eigenvalue weighted by molar-refractivity contribution is 8.00. The van der Waals surface area contributed by atoms with Crippen LogP contribution in [0.5, 0.6) is 0 Å². The fourth-order valence-corrected chi connectivity index (χ4v) is 4.31. The standard InChI is InChI=1S/C17H36N2S/c1-3-5-6-7-8-9-10-11-16(14-18)19-12-13-20-17(4-2)15-19/h16-17H,3-15,18H2,1-2H3. The molecule has 0 bridgehead atoms. The van der Waals surface area contributed by atoms with Crippen LogP contribution in [0.1, 0.15) is 71.6 Å². The molecule has 2 nitrogen and oxygen atoms in total. The summed E-state index contributed by atoms with van der Waals surface area (Å²) >= 11 is 2.15. The quantitative estimate of drug-likeness (QED) is 0.577. The minimum Gasteiger partial charge on any atom is -0.329 e. The van der Waals surface area contributed by atoms with Crippen molar-refractivity contribution >= 4 is 11.8 Å². The lowest BCUT2D eigenvalue weighted by Gasteiger charge is -2.37. The minimum absolute atomic E-state index is 0.639. The van der Waals surface area contributed by atoms with Gasteiger partial charge >= 0.3 is 0 Å². The van der Waals surface area contributed by atoms with Crippen molar-refractivity contribution in [3.8, 4) is 0 Å². The Morgan fingerprint density at radius 3 is 2.45 bits per heavy atom. The van der Waals surface area contributed by atoms with Crippen molar-refractivity contribution in [2.45, 2.75) is 82.9 Å². The van der Waals surface area contributed by atoms with Gasteiger partial charge in [0.05, 0.1) is 0 Å². The van der Waals surface area contributed by atoms with E-state index in [1.807, 2.05) is 0 Å². The van der Waals surface area contributed by atoms with E-state index in [0.717, 1.165) is 11.8 Å². The van der Waals surface area contributed by atoms with Gasteiger partial charge in [-0.25, -0.2) is 0 Å². The lowest BCUT2D eigenvalue weighted by molar-refractivity contribution is 0.192. The van der Waals surface area contributed by atoms with Crippen molar-refractivity contribution in [1.29, 1.82) is 0 Å². The molecule has 0 aliphatic carbocycles. The number of rotatable bonds is 11. The summed E-state index contributed by atoms with van der Waals surface area (Å²) in [6, 6.07) is 0.639. The summed E-state index contributed by atoms with van der Waals surface area (Å²) in [6.07, 6.45) is 12.4. The van der Waals surface area contributed by atoms with Crippen LogP contribution in [0.2, 0.25) is 0 Å². The van der Waals surface area contributed by atoms with Crippen LogP contribution < -0.4 is 5.73 Å². The van der Waals surface area contributed by atoms with Crippen molar-refractivity contribution in [3.05, 3.63) is 0 Å². The van der Waals surface area contributed by atoms with E-state index in [2.05, 4.69) is 30.5 Å². The van der Waals surface area contributed by atoms with Crippen LogP contribution in [-0.2, 0) is 0 Å². The molecule has 0 aromatic rings. The van der Waals surface area contributed by atoms with E-state index in [1.165, 1.54) is 76.6 Å². The Balaban J connectivity index is 2.12. The maximum Gasteiger partial charge on any atom is 0.0219 e. The lowest BCUT2D eigenvalue weighted by atomic mass is 10.0. The first-order chi connectivity index (χ1) is 9.81. The Labute approximate surface area is 131 Å². The molecular formula is C17H36N2S. The molecule has 1 rings (SSSR count).